The largest absolute Gasteiger partial charge is 0.375 e. The minimum absolute atomic E-state index is 0.0525. The number of aromatic nitrogens is 1. The quantitative estimate of drug-likeness (QED) is 0.656. The Labute approximate surface area is 135 Å². The molecule has 0 amide bonds. The Hall–Kier alpha value is -0.390. The number of nitrogens with zero attached hydrogens (tertiary/aromatic N) is 1. The number of rotatable bonds is 3. The molecule has 21 heavy (non-hydrogen) atoms. The number of ether oxygens (including phenoxy) is 1. The molecule has 0 radical (unpaired) electrons. The van der Waals surface area contributed by atoms with Crippen molar-refractivity contribution in [3.05, 3.63) is 28.0 Å². The molecule has 2 fully saturated rings. The smallest absolute Gasteiger partial charge is 0.0776 e. The van der Waals surface area contributed by atoms with Crippen LogP contribution in [0.15, 0.2) is 12.3 Å². The number of pyridine rings is 1. The van der Waals surface area contributed by atoms with Crippen molar-refractivity contribution < 1.29 is 4.74 Å². The van der Waals surface area contributed by atoms with E-state index in [0.29, 0.717) is 16.0 Å². The lowest BCUT2D eigenvalue weighted by Crippen LogP contribution is -2.43. The minimum Gasteiger partial charge on any atom is -0.375 e. The van der Waals surface area contributed by atoms with Crippen molar-refractivity contribution in [2.75, 3.05) is 6.61 Å². The molecule has 3 rings (SSSR count). The zero-order valence-electron chi connectivity index (χ0n) is 11.9. The SMILES string of the molecule is NNC(c1ncc(Cl)cc1Cl)C1CCOC2(CCCC2)C1. The molecular formula is C15H21Cl2N3O. The van der Waals surface area contributed by atoms with Crippen molar-refractivity contribution in [3.63, 3.8) is 0 Å². The molecule has 1 saturated carbocycles. The average Bonchev–Trinajstić information content (AvgIpc) is 2.90. The van der Waals surface area contributed by atoms with Crippen LogP contribution in [0.2, 0.25) is 10.0 Å². The third-order valence-corrected chi connectivity index (χ3v) is 5.34. The van der Waals surface area contributed by atoms with Gasteiger partial charge in [0.1, 0.15) is 0 Å². The second-order valence-corrected chi connectivity index (χ2v) is 7.00. The number of nitrogens with two attached hydrogens (primary N) is 1. The molecule has 116 valence electrons. The Morgan fingerprint density at radius 3 is 2.81 bits per heavy atom. The molecule has 1 aromatic heterocycles. The summed E-state index contributed by atoms with van der Waals surface area (Å²) in [6, 6.07) is 1.66. The molecule has 2 atom stereocenters. The first-order chi connectivity index (χ1) is 10.1. The van der Waals surface area contributed by atoms with Crippen molar-refractivity contribution >= 4 is 23.2 Å². The van der Waals surface area contributed by atoms with Crippen molar-refractivity contribution in [2.45, 2.75) is 50.2 Å². The first-order valence-electron chi connectivity index (χ1n) is 7.55. The van der Waals surface area contributed by atoms with Gasteiger partial charge in [-0.3, -0.25) is 16.3 Å². The van der Waals surface area contributed by atoms with Crippen molar-refractivity contribution in [2.24, 2.45) is 11.8 Å². The maximum Gasteiger partial charge on any atom is 0.0776 e. The van der Waals surface area contributed by atoms with E-state index >= 15 is 0 Å². The van der Waals surface area contributed by atoms with Crippen molar-refractivity contribution in [1.29, 1.82) is 0 Å². The van der Waals surface area contributed by atoms with Gasteiger partial charge < -0.3 is 4.74 Å². The molecule has 1 aromatic rings. The summed E-state index contributed by atoms with van der Waals surface area (Å²) in [5.74, 6) is 6.19. The Morgan fingerprint density at radius 1 is 1.38 bits per heavy atom. The second-order valence-electron chi connectivity index (χ2n) is 6.16. The lowest BCUT2D eigenvalue weighted by Gasteiger charge is -2.41. The highest BCUT2D eigenvalue weighted by molar-refractivity contribution is 6.34. The van der Waals surface area contributed by atoms with E-state index in [1.165, 1.54) is 12.8 Å². The molecule has 1 saturated heterocycles. The molecule has 1 spiro atoms. The number of nitrogens with one attached hydrogen (secondary N) is 1. The predicted octanol–water partition coefficient (Wildman–Crippen LogP) is 3.63. The summed E-state index contributed by atoms with van der Waals surface area (Å²) in [5.41, 5.74) is 3.74. The zero-order chi connectivity index (χ0) is 14.9. The van der Waals surface area contributed by atoms with E-state index in [9.17, 15) is 0 Å². The highest BCUT2D eigenvalue weighted by atomic mass is 35.5. The van der Waals surface area contributed by atoms with Gasteiger partial charge in [0.15, 0.2) is 0 Å². The lowest BCUT2D eigenvalue weighted by atomic mass is 9.80. The van der Waals surface area contributed by atoms with Crippen LogP contribution in [0.25, 0.3) is 0 Å². The first kappa shape index (κ1) is 15.5. The van der Waals surface area contributed by atoms with Crippen LogP contribution in [0.5, 0.6) is 0 Å². The van der Waals surface area contributed by atoms with Crippen LogP contribution in [-0.4, -0.2) is 17.2 Å². The van der Waals surface area contributed by atoms with Crippen molar-refractivity contribution in [1.82, 2.24) is 10.4 Å². The Bertz CT molecular complexity index is 506. The van der Waals surface area contributed by atoms with E-state index < -0.39 is 0 Å². The molecule has 1 aliphatic heterocycles. The maximum absolute atomic E-state index is 6.30. The summed E-state index contributed by atoms with van der Waals surface area (Å²) in [4.78, 5) is 4.39. The molecule has 2 unspecified atom stereocenters. The average molecular weight is 330 g/mol. The molecular weight excluding hydrogens is 309 g/mol. The van der Waals surface area contributed by atoms with Gasteiger partial charge in [-0.2, -0.15) is 0 Å². The van der Waals surface area contributed by atoms with E-state index in [-0.39, 0.29) is 11.6 Å². The first-order valence-corrected chi connectivity index (χ1v) is 8.30. The summed E-state index contributed by atoms with van der Waals surface area (Å²) in [6.45, 7) is 0.786. The Morgan fingerprint density at radius 2 is 2.14 bits per heavy atom. The normalized spacial score (nSPS) is 26.1. The van der Waals surface area contributed by atoms with Gasteiger partial charge in [-0.25, -0.2) is 0 Å². The van der Waals surface area contributed by atoms with Gasteiger partial charge in [-0.05, 0) is 37.7 Å². The zero-order valence-corrected chi connectivity index (χ0v) is 13.5. The van der Waals surface area contributed by atoms with Crippen LogP contribution >= 0.6 is 23.2 Å². The standard InChI is InChI=1S/C15H21Cl2N3O/c16-11-7-12(17)14(19-9-11)13(20-18)10-3-6-21-15(8-10)4-1-2-5-15/h7,9-10,13,20H,1-6,8,18H2. The highest BCUT2D eigenvalue weighted by Crippen LogP contribution is 2.45. The van der Waals surface area contributed by atoms with Gasteiger partial charge in [0, 0.05) is 12.8 Å². The fraction of sp³-hybridized carbons (Fsp3) is 0.667. The fourth-order valence-corrected chi connectivity index (χ4v) is 4.31. The van der Waals surface area contributed by atoms with E-state index in [4.69, 9.17) is 33.8 Å². The van der Waals surface area contributed by atoms with Gasteiger partial charge in [-0.15, -0.1) is 0 Å². The van der Waals surface area contributed by atoms with Crippen LogP contribution in [0.4, 0.5) is 0 Å². The summed E-state index contributed by atoms with van der Waals surface area (Å²) in [6.07, 6.45) is 8.43. The van der Waals surface area contributed by atoms with Gasteiger partial charge in [0.2, 0.25) is 0 Å². The van der Waals surface area contributed by atoms with E-state index in [1.54, 1.807) is 12.3 Å². The van der Waals surface area contributed by atoms with Crippen molar-refractivity contribution in [3.8, 4) is 0 Å². The van der Waals surface area contributed by atoms with Crippen LogP contribution < -0.4 is 11.3 Å². The van der Waals surface area contributed by atoms with E-state index in [2.05, 4.69) is 10.4 Å². The molecule has 1 aliphatic carbocycles. The summed E-state index contributed by atoms with van der Waals surface area (Å²) in [5, 5.41) is 1.11. The second kappa shape index (κ2) is 6.39. The minimum atomic E-state index is -0.0591. The molecule has 2 heterocycles. The van der Waals surface area contributed by atoms with Gasteiger partial charge >= 0.3 is 0 Å². The highest BCUT2D eigenvalue weighted by Gasteiger charge is 2.42. The topological polar surface area (TPSA) is 60.2 Å². The van der Waals surface area contributed by atoms with E-state index in [1.807, 2.05) is 0 Å². The Balaban J connectivity index is 1.82. The molecule has 0 aromatic carbocycles. The third-order valence-electron chi connectivity index (χ3n) is 4.83. The number of hydrogen-bond donors (Lipinski definition) is 2. The molecule has 4 nitrogen and oxygen atoms in total. The number of halogens is 2. The van der Waals surface area contributed by atoms with Crippen LogP contribution in [0.1, 0.15) is 50.3 Å². The van der Waals surface area contributed by atoms with Gasteiger partial charge in [-0.1, -0.05) is 36.0 Å². The molecule has 2 aliphatic rings. The predicted molar refractivity (Wildman–Crippen MR) is 84.2 cm³/mol. The summed E-state index contributed by atoms with van der Waals surface area (Å²) < 4.78 is 6.09. The summed E-state index contributed by atoms with van der Waals surface area (Å²) in [7, 11) is 0. The van der Waals surface area contributed by atoms with Crippen LogP contribution in [0.3, 0.4) is 0 Å². The summed E-state index contributed by atoms with van der Waals surface area (Å²) >= 11 is 12.2. The lowest BCUT2D eigenvalue weighted by molar-refractivity contribution is -0.0984. The third kappa shape index (κ3) is 3.20. The van der Waals surface area contributed by atoms with Gasteiger partial charge in [0.05, 0.1) is 27.4 Å². The van der Waals surface area contributed by atoms with Crippen LogP contribution in [0, 0.1) is 5.92 Å². The maximum atomic E-state index is 6.30. The fourth-order valence-electron chi connectivity index (χ4n) is 3.81. The van der Waals surface area contributed by atoms with Gasteiger partial charge in [0.25, 0.3) is 0 Å². The molecule has 0 bridgehead atoms. The Kier molecular flexibility index (Phi) is 4.71. The molecule has 6 heteroatoms. The van der Waals surface area contributed by atoms with E-state index in [0.717, 1.165) is 38.0 Å². The molecule has 3 N–H and O–H groups in total. The monoisotopic (exact) mass is 329 g/mol. The number of hydrazine groups is 1. The number of hydrogen-bond acceptors (Lipinski definition) is 4. The van der Waals surface area contributed by atoms with Crippen LogP contribution in [-0.2, 0) is 4.74 Å².